The Kier molecular flexibility index (Phi) is 8.93. The Balaban J connectivity index is 1.28. The first-order chi connectivity index (χ1) is 29.3. The summed E-state index contributed by atoms with van der Waals surface area (Å²) in [5.74, 6) is 0. The molecule has 0 spiro atoms. The zero-order valence-electron chi connectivity index (χ0n) is 32.0. The van der Waals surface area contributed by atoms with Crippen molar-refractivity contribution in [3.05, 3.63) is 240 Å². The average Bonchev–Trinajstić information content (AvgIpc) is 4.03. The highest BCUT2D eigenvalue weighted by molar-refractivity contribution is 7.35. The Morgan fingerprint density at radius 3 is 0.983 bits per heavy atom. The molecule has 0 aliphatic carbocycles. The van der Waals surface area contributed by atoms with Crippen molar-refractivity contribution in [2.75, 3.05) is 0 Å². The van der Waals surface area contributed by atoms with Crippen molar-refractivity contribution in [3.63, 3.8) is 0 Å². The highest BCUT2D eigenvalue weighted by Gasteiger charge is 2.55. The maximum atomic E-state index is 5.70. The lowest BCUT2D eigenvalue weighted by molar-refractivity contribution is 1.44. The van der Waals surface area contributed by atoms with Crippen molar-refractivity contribution in [2.24, 2.45) is 0 Å². The largest absolute Gasteiger partial charge is 0.237 e. The van der Waals surface area contributed by atoms with Crippen LogP contribution < -0.4 is 10.4 Å². The van der Waals surface area contributed by atoms with Crippen LogP contribution in [-0.2, 0) is 0 Å². The molecule has 11 rings (SSSR count). The van der Waals surface area contributed by atoms with Crippen molar-refractivity contribution in [3.8, 4) is 22.3 Å². The number of benzene rings is 8. The Labute approximate surface area is 352 Å². The summed E-state index contributed by atoms with van der Waals surface area (Å²) in [5.41, 5.74) is 11.6. The minimum atomic E-state index is -3.24. The minimum Gasteiger partial charge on any atom is -0.237 e. The van der Waals surface area contributed by atoms with Crippen molar-refractivity contribution >= 4 is 83.1 Å². The number of rotatable bonds is 8. The monoisotopic (exact) mass is 804 g/mol. The number of hydrogen-bond acceptors (Lipinski definition) is 4. The van der Waals surface area contributed by atoms with Gasteiger partial charge in [0.25, 0.3) is 0 Å². The van der Waals surface area contributed by atoms with Gasteiger partial charge >= 0.3 is 0 Å². The molecule has 0 fully saturated rings. The third-order valence-electron chi connectivity index (χ3n) is 11.5. The standard InChI is InChI=1S/C54H36N2S2Si/c1-7-19-37(20-8-1)41-31-33-47-45(35-41)55-53(57-47)51-49(39-23-11-3-12-24-39)50(40-25-13-4-14-26-40)52(59(51,43-27-15-5-16-28-43)44-29-17-6-18-30-44)54-56-46-36-42(32-34-48(46)58-54)38-21-9-2-10-22-38/h1-36H. The van der Waals surface area contributed by atoms with E-state index in [0.29, 0.717) is 0 Å². The lowest BCUT2D eigenvalue weighted by Gasteiger charge is -2.34. The molecular formula is C54H36N2S2Si. The molecule has 59 heavy (non-hydrogen) atoms. The van der Waals surface area contributed by atoms with Gasteiger partial charge in [0.2, 0.25) is 0 Å². The fourth-order valence-corrected chi connectivity index (χ4v) is 17.1. The topological polar surface area (TPSA) is 25.8 Å². The van der Waals surface area contributed by atoms with Gasteiger partial charge in [-0.2, -0.15) is 0 Å². The molecule has 1 aliphatic rings. The predicted molar refractivity (Wildman–Crippen MR) is 255 cm³/mol. The summed E-state index contributed by atoms with van der Waals surface area (Å²) in [6.45, 7) is 0. The Morgan fingerprint density at radius 2 is 0.627 bits per heavy atom. The van der Waals surface area contributed by atoms with Gasteiger partial charge in [0.05, 0.1) is 20.4 Å². The first-order valence-corrected chi connectivity index (χ1v) is 23.5. The summed E-state index contributed by atoms with van der Waals surface area (Å²) in [5, 5.41) is 7.34. The molecule has 0 amide bonds. The molecule has 10 aromatic rings. The van der Waals surface area contributed by atoms with Crippen LogP contribution in [0.5, 0.6) is 0 Å². The van der Waals surface area contributed by atoms with E-state index in [0.717, 1.165) is 21.0 Å². The fourth-order valence-electron chi connectivity index (χ4n) is 8.88. The number of fused-ring (bicyclic) bond motifs is 2. The molecule has 0 radical (unpaired) electrons. The zero-order chi connectivity index (χ0) is 39.2. The molecule has 5 heteroatoms. The minimum absolute atomic E-state index is 1.01. The molecule has 0 N–H and O–H groups in total. The van der Waals surface area contributed by atoms with Crippen LogP contribution in [0.3, 0.4) is 0 Å². The van der Waals surface area contributed by atoms with E-state index in [1.165, 1.54) is 74.7 Å². The molecule has 8 aromatic carbocycles. The van der Waals surface area contributed by atoms with E-state index in [4.69, 9.17) is 9.97 Å². The van der Waals surface area contributed by atoms with Gasteiger partial charge in [-0.25, -0.2) is 9.97 Å². The summed E-state index contributed by atoms with van der Waals surface area (Å²) in [7, 11) is -3.24. The smallest absolute Gasteiger partial charge is 0.188 e. The van der Waals surface area contributed by atoms with Gasteiger partial charge in [0, 0.05) is 0 Å². The van der Waals surface area contributed by atoms with Gasteiger partial charge in [-0.3, -0.25) is 0 Å². The third-order valence-corrected chi connectivity index (χ3v) is 18.8. The fraction of sp³-hybridized carbons (Fsp3) is 0. The average molecular weight is 805 g/mol. The number of nitrogens with zero attached hydrogens (tertiary/aromatic N) is 2. The Morgan fingerprint density at radius 1 is 0.305 bits per heavy atom. The van der Waals surface area contributed by atoms with Crippen molar-refractivity contribution in [1.29, 1.82) is 0 Å². The molecule has 0 bridgehead atoms. The maximum Gasteiger partial charge on any atom is 0.188 e. The first-order valence-electron chi connectivity index (χ1n) is 19.9. The van der Waals surface area contributed by atoms with E-state index in [1.54, 1.807) is 0 Å². The van der Waals surface area contributed by atoms with Crippen molar-refractivity contribution in [2.45, 2.75) is 0 Å². The van der Waals surface area contributed by atoms with E-state index in [2.05, 4.69) is 218 Å². The van der Waals surface area contributed by atoms with Gasteiger partial charge in [0.1, 0.15) is 10.0 Å². The summed E-state index contributed by atoms with van der Waals surface area (Å²) in [6, 6.07) is 79.3. The summed E-state index contributed by atoms with van der Waals surface area (Å²) < 4.78 is 2.35. The number of thiazole rings is 2. The summed E-state index contributed by atoms with van der Waals surface area (Å²) in [6.07, 6.45) is 0. The van der Waals surface area contributed by atoms with Gasteiger partial charge in [-0.1, -0.05) is 194 Å². The van der Waals surface area contributed by atoms with Crippen LogP contribution in [0.15, 0.2) is 218 Å². The van der Waals surface area contributed by atoms with Crippen molar-refractivity contribution in [1.82, 2.24) is 9.97 Å². The SMILES string of the molecule is c1ccc(C2=C(c3nc4cc(-c5ccccc5)ccc4s3)[Si](c3ccccc3)(c3ccccc3)C(c3nc4cc(-c5ccccc5)ccc4s3)=C2c2ccccc2)cc1. The lowest BCUT2D eigenvalue weighted by atomic mass is 9.91. The summed E-state index contributed by atoms with van der Waals surface area (Å²) in [4.78, 5) is 11.4. The van der Waals surface area contributed by atoms with E-state index < -0.39 is 8.07 Å². The maximum absolute atomic E-state index is 5.70. The molecule has 1 aliphatic heterocycles. The van der Waals surface area contributed by atoms with Crippen LogP contribution in [0.4, 0.5) is 0 Å². The van der Waals surface area contributed by atoms with E-state index >= 15 is 0 Å². The number of aromatic nitrogens is 2. The van der Waals surface area contributed by atoms with Gasteiger partial charge in [0.15, 0.2) is 8.07 Å². The molecule has 2 nitrogen and oxygen atoms in total. The lowest BCUT2D eigenvalue weighted by Crippen LogP contribution is -2.59. The van der Waals surface area contributed by atoms with E-state index in [-0.39, 0.29) is 0 Å². The second-order valence-electron chi connectivity index (χ2n) is 14.8. The van der Waals surface area contributed by atoms with Crippen LogP contribution in [-0.4, -0.2) is 18.0 Å². The highest BCUT2D eigenvalue weighted by atomic mass is 32.1. The molecule has 0 saturated heterocycles. The first kappa shape index (κ1) is 35.4. The Bertz CT molecular complexity index is 2960. The Hall–Kier alpha value is -6.76. The highest BCUT2D eigenvalue weighted by Crippen LogP contribution is 2.57. The predicted octanol–water partition coefficient (Wildman–Crippen LogP) is 13.1. The van der Waals surface area contributed by atoms with Gasteiger partial charge < -0.3 is 0 Å². The normalized spacial score (nSPS) is 13.8. The zero-order valence-corrected chi connectivity index (χ0v) is 34.6. The molecule has 0 unspecified atom stereocenters. The van der Waals surface area contributed by atoms with Gasteiger partial charge in [-0.15, -0.1) is 22.7 Å². The van der Waals surface area contributed by atoms with E-state index in [1.807, 2.05) is 22.7 Å². The number of allylic oxidation sites excluding steroid dienone is 2. The third kappa shape index (κ3) is 6.05. The van der Waals surface area contributed by atoms with Crippen LogP contribution in [0.25, 0.3) is 64.2 Å². The van der Waals surface area contributed by atoms with Crippen LogP contribution in [0.1, 0.15) is 21.1 Å². The molecular weight excluding hydrogens is 769 g/mol. The number of hydrogen-bond donors (Lipinski definition) is 0. The summed E-state index contributed by atoms with van der Waals surface area (Å²) >= 11 is 3.62. The second-order valence-corrected chi connectivity index (χ2v) is 20.6. The molecule has 278 valence electrons. The van der Waals surface area contributed by atoms with E-state index in [9.17, 15) is 0 Å². The van der Waals surface area contributed by atoms with Crippen LogP contribution in [0, 0.1) is 0 Å². The van der Waals surface area contributed by atoms with Gasteiger partial charge in [-0.05, 0) is 89.6 Å². The second kappa shape index (κ2) is 14.9. The molecule has 0 atom stereocenters. The molecule has 3 heterocycles. The van der Waals surface area contributed by atoms with Crippen molar-refractivity contribution < 1.29 is 0 Å². The van der Waals surface area contributed by atoms with Crippen LogP contribution in [0.2, 0.25) is 0 Å². The molecule has 0 saturated carbocycles. The quantitative estimate of drug-likeness (QED) is 0.143. The van der Waals surface area contributed by atoms with Crippen LogP contribution >= 0.6 is 22.7 Å². The molecule has 2 aromatic heterocycles.